The summed E-state index contributed by atoms with van der Waals surface area (Å²) in [4.78, 5) is 0. The second-order valence-corrected chi connectivity index (χ2v) is 2.02. The van der Waals surface area contributed by atoms with Gasteiger partial charge in [-0.3, -0.25) is 0 Å². The number of hydrogen-bond acceptors (Lipinski definition) is 1. The summed E-state index contributed by atoms with van der Waals surface area (Å²) in [6.45, 7) is 4.37. The summed E-state index contributed by atoms with van der Waals surface area (Å²) < 4.78 is 5.29. The fourth-order valence-corrected chi connectivity index (χ4v) is 0.707. The van der Waals surface area contributed by atoms with Crippen LogP contribution in [0, 0.1) is 6.92 Å². The minimum Gasteiger partial charge on any atom is -0.496 e. The van der Waals surface area contributed by atoms with Crippen LogP contribution in [0.15, 0.2) is 30.3 Å². The van der Waals surface area contributed by atoms with Crippen LogP contribution in [-0.4, -0.2) is 6.61 Å². The maximum Gasteiger partial charge on any atom is 0.119 e. The first-order valence-corrected chi connectivity index (χ1v) is 3.40. The Kier molecular flexibility index (Phi) is 6.15. The average Bonchev–Trinajstić information content (AvgIpc) is 2.03. The van der Waals surface area contributed by atoms with Crippen molar-refractivity contribution in [1.82, 2.24) is 0 Å². The zero-order valence-electron chi connectivity index (χ0n) is 6.62. The van der Waals surface area contributed by atoms with E-state index in [9.17, 15) is 0 Å². The van der Waals surface area contributed by atoms with Crippen molar-refractivity contribution >= 4 is 0 Å². The quantitative estimate of drug-likeness (QED) is 0.537. The molecule has 0 aromatic heterocycles. The fourth-order valence-electron chi connectivity index (χ4n) is 0.707. The van der Waals surface area contributed by atoms with Gasteiger partial charge in [-0.1, -0.05) is 18.2 Å². The molecule has 0 N–H and O–H groups in total. The average molecular weight is 201 g/mol. The third-order valence-electron chi connectivity index (χ3n) is 1.16. The Morgan fingerprint density at radius 1 is 1.18 bits per heavy atom. The summed E-state index contributed by atoms with van der Waals surface area (Å²) in [6.07, 6.45) is 0.814. The molecule has 2 heteroatoms. The Labute approximate surface area is 80.5 Å². The van der Waals surface area contributed by atoms with Crippen LogP contribution in [0.2, 0.25) is 0 Å². The third kappa shape index (κ3) is 4.16. The molecule has 0 radical (unpaired) electrons. The van der Waals surface area contributed by atoms with Gasteiger partial charge in [-0.05, 0) is 12.1 Å². The van der Waals surface area contributed by atoms with Crippen LogP contribution in [0.25, 0.3) is 0 Å². The van der Waals surface area contributed by atoms with Crippen molar-refractivity contribution in [2.24, 2.45) is 0 Å². The number of hydrogen-bond donors (Lipinski definition) is 0. The van der Waals surface area contributed by atoms with Crippen LogP contribution in [0.3, 0.4) is 0 Å². The predicted molar refractivity (Wildman–Crippen MR) is 41.9 cm³/mol. The van der Waals surface area contributed by atoms with Gasteiger partial charge < -0.3 is 11.7 Å². The molecule has 1 rings (SSSR count). The van der Waals surface area contributed by atoms with Gasteiger partial charge in [0.25, 0.3) is 0 Å². The third-order valence-corrected chi connectivity index (χ3v) is 1.16. The summed E-state index contributed by atoms with van der Waals surface area (Å²) in [5.74, 6) is 0.922. The van der Waals surface area contributed by atoms with Crippen molar-refractivity contribution in [2.45, 2.75) is 6.42 Å². The predicted octanol–water partition coefficient (Wildman–Crippen LogP) is 2.29. The Bertz CT molecular complexity index is 174. The number of para-hydroxylation sites is 1. The first kappa shape index (κ1) is 10.6. The first-order chi connectivity index (χ1) is 4.93. The van der Waals surface area contributed by atoms with E-state index in [-0.39, 0.29) is 19.5 Å². The molecule has 0 aliphatic carbocycles. The minimum absolute atomic E-state index is 0. The molecule has 0 saturated heterocycles. The maximum atomic E-state index is 5.29. The molecule has 11 heavy (non-hydrogen) atoms. The van der Waals surface area contributed by atoms with Crippen molar-refractivity contribution in [3.8, 4) is 5.75 Å². The molecular weight excluding hydrogens is 189 g/mol. The van der Waals surface area contributed by atoms with Gasteiger partial charge in [0.05, 0.1) is 6.61 Å². The van der Waals surface area contributed by atoms with Gasteiger partial charge in [0, 0.05) is 19.5 Å². The van der Waals surface area contributed by atoms with Crippen LogP contribution in [0.5, 0.6) is 5.75 Å². The second kappa shape index (κ2) is 6.36. The molecule has 0 spiro atoms. The largest absolute Gasteiger partial charge is 0.496 e. The molecule has 0 aliphatic heterocycles. The second-order valence-electron chi connectivity index (χ2n) is 2.02. The summed E-state index contributed by atoms with van der Waals surface area (Å²) in [5.41, 5.74) is 0. The zero-order valence-corrected chi connectivity index (χ0v) is 9.59. The first-order valence-electron chi connectivity index (χ1n) is 3.40. The van der Waals surface area contributed by atoms with Gasteiger partial charge >= 0.3 is 0 Å². The smallest absolute Gasteiger partial charge is 0.119 e. The summed E-state index contributed by atoms with van der Waals surface area (Å²) >= 11 is 0. The maximum absolute atomic E-state index is 5.29. The summed E-state index contributed by atoms with van der Waals surface area (Å²) in [5, 5.41) is 0. The number of ether oxygens (including phenoxy) is 1. The zero-order chi connectivity index (χ0) is 7.23. The molecule has 0 atom stereocenters. The van der Waals surface area contributed by atoms with Crippen molar-refractivity contribution in [3.63, 3.8) is 0 Å². The van der Waals surface area contributed by atoms with E-state index in [1.807, 2.05) is 30.3 Å². The van der Waals surface area contributed by atoms with Crippen LogP contribution in [0.4, 0.5) is 0 Å². The van der Waals surface area contributed by atoms with Gasteiger partial charge in [-0.25, -0.2) is 0 Å². The molecule has 1 aromatic rings. The molecule has 1 nitrogen and oxygen atoms in total. The van der Waals surface area contributed by atoms with Crippen LogP contribution < -0.4 is 4.74 Å². The Balaban J connectivity index is 0.000001000. The van der Waals surface area contributed by atoms with Crippen LogP contribution >= 0.6 is 0 Å². The van der Waals surface area contributed by atoms with E-state index in [1.54, 1.807) is 0 Å². The van der Waals surface area contributed by atoms with E-state index in [2.05, 4.69) is 6.92 Å². The fraction of sp³-hybridized carbons (Fsp3) is 0.222. The molecule has 0 unspecified atom stereocenters. The SMILES string of the molecule is [CH2-]CCOc1ccccc1.[Zn]. The van der Waals surface area contributed by atoms with Gasteiger partial charge in [0.2, 0.25) is 0 Å². The van der Waals surface area contributed by atoms with Gasteiger partial charge in [-0.2, -0.15) is 0 Å². The molecule has 0 bridgehead atoms. The van der Waals surface area contributed by atoms with E-state index >= 15 is 0 Å². The van der Waals surface area contributed by atoms with Crippen LogP contribution in [0.1, 0.15) is 6.42 Å². The minimum atomic E-state index is 0. The van der Waals surface area contributed by atoms with E-state index < -0.39 is 0 Å². The molecule has 0 saturated carbocycles. The molecule has 0 fully saturated rings. The van der Waals surface area contributed by atoms with Crippen molar-refractivity contribution in [3.05, 3.63) is 37.3 Å². The molecule has 0 amide bonds. The van der Waals surface area contributed by atoms with Crippen LogP contribution in [-0.2, 0) is 19.5 Å². The van der Waals surface area contributed by atoms with E-state index in [1.165, 1.54) is 0 Å². The summed E-state index contributed by atoms with van der Waals surface area (Å²) in [6, 6.07) is 9.76. The summed E-state index contributed by atoms with van der Waals surface area (Å²) in [7, 11) is 0. The standard InChI is InChI=1S/C9H11O.Zn/c1-2-8-10-9-6-4-3-5-7-9;/h3-7H,1-2,8H2;/q-1;. The topological polar surface area (TPSA) is 9.23 Å². The van der Waals surface area contributed by atoms with E-state index in [0.717, 1.165) is 12.2 Å². The number of benzene rings is 1. The van der Waals surface area contributed by atoms with E-state index in [4.69, 9.17) is 4.74 Å². The van der Waals surface area contributed by atoms with E-state index in [0.29, 0.717) is 6.61 Å². The molecule has 56 valence electrons. The number of rotatable bonds is 3. The molecular formula is C9H11OZn-. The van der Waals surface area contributed by atoms with Gasteiger partial charge in [0.15, 0.2) is 0 Å². The Morgan fingerprint density at radius 2 is 1.82 bits per heavy atom. The Hall–Kier alpha value is -0.357. The van der Waals surface area contributed by atoms with Gasteiger partial charge in [0.1, 0.15) is 5.75 Å². The molecule has 0 aliphatic rings. The van der Waals surface area contributed by atoms with Crippen molar-refractivity contribution < 1.29 is 24.2 Å². The van der Waals surface area contributed by atoms with Gasteiger partial charge in [-0.15, -0.1) is 6.42 Å². The molecule has 0 heterocycles. The van der Waals surface area contributed by atoms with Crippen molar-refractivity contribution in [2.75, 3.05) is 6.61 Å². The molecule has 1 aromatic carbocycles. The monoisotopic (exact) mass is 199 g/mol. The Morgan fingerprint density at radius 3 is 2.36 bits per heavy atom. The normalized spacial score (nSPS) is 8.45. The van der Waals surface area contributed by atoms with Crippen molar-refractivity contribution in [1.29, 1.82) is 0 Å².